The first-order valence-corrected chi connectivity index (χ1v) is 8.91. The van der Waals surface area contributed by atoms with E-state index in [-0.39, 0.29) is 5.92 Å². The fourth-order valence-electron chi connectivity index (χ4n) is 3.41. The molecule has 1 aliphatic rings. The highest BCUT2D eigenvalue weighted by atomic mass is 16.2. The molecule has 5 nitrogen and oxygen atoms in total. The molecule has 0 atom stereocenters. The van der Waals surface area contributed by atoms with Crippen LogP contribution in [0, 0.1) is 12.8 Å². The number of anilines is 1. The van der Waals surface area contributed by atoms with Gasteiger partial charge in [-0.2, -0.15) is 0 Å². The quantitative estimate of drug-likeness (QED) is 0.866. The van der Waals surface area contributed by atoms with Gasteiger partial charge in [0.2, 0.25) is 5.91 Å². The molecule has 24 heavy (non-hydrogen) atoms. The first-order chi connectivity index (χ1) is 11.6. The largest absolute Gasteiger partial charge is 0.352 e. The van der Waals surface area contributed by atoms with Gasteiger partial charge in [0, 0.05) is 32.1 Å². The maximum absolute atomic E-state index is 12.5. The Morgan fingerprint density at radius 1 is 1.04 bits per heavy atom. The van der Waals surface area contributed by atoms with Crippen molar-refractivity contribution >= 4 is 22.8 Å². The van der Waals surface area contributed by atoms with Gasteiger partial charge in [0.05, 0.1) is 16.7 Å². The minimum absolute atomic E-state index is 0.166. The number of piperazine rings is 1. The molecular formula is C19H26N4O. The van der Waals surface area contributed by atoms with E-state index < -0.39 is 0 Å². The van der Waals surface area contributed by atoms with Gasteiger partial charge in [0.15, 0.2) is 5.82 Å². The number of para-hydroxylation sites is 2. The zero-order valence-corrected chi connectivity index (χ0v) is 14.8. The summed E-state index contributed by atoms with van der Waals surface area (Å²) in [5, 5.41) is 0. The van der Waals surface area contributed by atoms with Crippen molar-refractivity contribution in [2.45, 2.75) is 33.6 Å². The number of aromatic nitrogens is 2. The highest BCUT2D eigenvalue weighted by Gasteiger charge is 2.26. The van der Waals surface area contributed by atoms with Crippen molar-refractivity contribution in [1.82, 2.24) is 14.9 Å². The van der Waals surface area contributed by atoms with Gasteiger partial charge in [-0.05, 0) is 31.9 Å². The molecule has 0 radical (unpaired) electrons. The molecule has 128 valence electrons. The van der Waals surface area contributed by atoms with Crippen LogP contribution in [-0.4, -0.2) is 47.0 Å². The van der Waals surface area contributed by atoms with Gasteiger partial charge >= 0.3 is 0 Å². The molecule has 0 saturated carbocycles. The Kier molecular flexibility index (Phi) is 4.97. The van der Waals surface area contributed by atoms with Crippen LogP contribution in [-0.2, 0) is 4.79 Å². The van der Waals surface area contributed by atoms with E-state index in [4.69, 9.17) is 4.98 Å². The van der Waals surface area contributed by atoms with E-state index >= 15 is 0 Å². The zero-order valence-electron chi connectivity index (χ0n) is 14.8. The minimum atomic E-state index is 0.166. The Hall–Kier alpha value is -2.17. The molecule has 1 amide bonds. The molecule has 0 aliphatic carbocycles. The van der Waals surface area contributed by atoms with Gasteiger partial charge in [-0.25, -0.2) is 9.97 Å². The molecule has 1 aliphatic heterocycles. The van der Waals surface area contributed by atoms with Crippen molar-refractivity contribution in [2.75, 3.05) is 31.1 Å². The van der Waals surface area contributed by atoms with E-state index in [0.717, 1.165) is 61.6 Å². The number of amides is 1. The van der Waals surface area contributed by atoms with E-state index in [1.54, 1.807) is 0 Å². The second kappa shape index (κ2) is 7.16. The summed E-state index contributed by atoms with van der Waals surface area (Å²) in [4.78, 5) is 26.3. The summed E-state index contributed by atoms with van der Waals surface area (Å²) in [7, 11) is 0. The highest BCUT2D eigenvalue weighted by Crippen LogP contribution is 2.22. The van der Waals surface area contributed by atoms with Crippen LogP contribution < -0.4 is 4.90 Å². The zero-order chi connectivity index (χ0) is 17.1. The molecule has 1 aromatic carbocycles. The fourth-order valence-corrected chi connectivity index (χ4v) is 3.41. The lowest BCUT2D eigenvalue weighted by molar-refractivity contribution is -0.136. The lowest BCUT2D eigenvalue weighted by Crippen LogP contribution is -2.50. The number of aryl methyl sites for hydroxylation is 1. The third kappa shape index (κ3) is 3.21. The summed E-state index contributed by atoms with van der Waals surface area (Å²) in [5.41, 5.74) is 2.81. The maximum atomic E-state index is 12.5. The monoisotopic (exact) mass is 326 g/mol. The first kappa shape index (κ1) is 16.7. The number of nitrogens with zero attached hydrogens (tertiary/aromatic N) is 4. The van der Waals surface area contributed by atoms with E-state index in [0.29, 0.717) is 5.91 Å². The van der Waals surface area contributed by atoms with Gasteiger partial charge in [0.1, 0.15) is 0 Å². The van der Waals surface area contributed by atoms with Crippen molar-refractivity contribution in [3.05, 3.63) is 30.0 Å². The molecule has 0 bridgehead atoms. The van der Waals surface area contributed by atoms with Crippen molar-refractivity contribution in [2.24, 2.45) is 5.92 Å². The number of hydrogen-bond acceptors (Lipinski definition) is 4. The third-order valence-electron chi connectivity index (χ3n) is 4.95. The van der Waals surface area contributed by atoms with Gasteiger partial charge in [-0.15, -0.1) is 0 Å². The topological polar surface area (TPSA) is 49.3 Å². The van der Waals surface area contributed by atoms with Crippen molar-refractivity contribution in [1.29, 1.82) is 0 Å². The van der Waals surface area contributed by atoms with E-state index in [9.17, 15) is 4.79 Å². The van der Waals surface area contributed by atoms with E-state index in [1.807, 2.05) is 36.1 Å². The molecule has 2 heterocycles. The lowest BCUT2D eigenvalue weighted by Gasteiger charge is -2.37. The Morgan fingerprint density at radius 3 is 2.21 bits per heavy atom. The average molecular weight is 326 g/mol. The van der Waals surface area contributed by atoms with Crippen LogP contribution in [0.4, 0.5) is 5.82 Å². The summed E-state index contributed by atoms with van der Waals surface area (Å²) >= 11 is 0. The van der Waals surface area contributed by atoms with Crippen LogP contribution in [0.3, 0.4) is 0 Å². The van der Waals surface area contributed by atoms with Gasteiger partial charge in [0.25, 0.3) is 0 Å². The molecule has 0 N–H and O–H groups in total. The second-order valence-electron chi connectivity index (χ2n) is 6.45. The van der Waals surface area contributed by atoms with Crippen LogP contribution in [0.15, 0.2) is 24.3 Å². The Labute approximate surface area is 143 Å². The van der Waals surface area contributed by atoms with Crippen LogP contribution >= 0.6 is 0 Å². The average Bonchev–Trinajstić information content (AvgIpc) is 2.62. The van der Waals surface area contributed by atoms with Crippen molar-refractivity contribution in [3.8, 4) is 0 Å². The summed E-state index contributed by atoms with van der Waals surface area (Å²) in [6.07, 6.45) is 1.84. The number of fused-ring (bicyclic) bond motifs is 1. The van der Waals surface area contributed by atoms with Gasteiger partial charge < -0.3 is 9.80 Å². The Morgan fingerprint density at radius 2 is 1.62 bits per heavy atom. The van der Waals surface area contributed by atoms with E-state index in [2.05, 4.69) is 23.7 Å². The molecule has 5 heteroatoms. The number of hydrogen-bond donors (Lipinski definition) is 0. The lowest BCUT2D eigenvalue weighted by atomic mass is 10.0. The van der Waals surface area contributed by atoms with Crippen LogP contribution in [0.25, 0.3) is 11.0 Å². The van der Waals surface area contributed by atoms with Crippen LogP contribution in [0.5, 0.6) is 0 Å². The number of rotatable bonds is 4. The summed E-state index contributed by atoms with van der Waals surface area (Å²) in [6.45, 7) is 9.37. The minimum Gasteiger partial charge on any atom is -0.352 e. The SMILES string of the molecule is CCC(CC)C(=O)N1CCN(c2nc3ccccc3nc2C)CC1. The maximum Gasteiger partial charge on any atom is 0.225 e. The van der Waals surface area contributed by atoms with E-state index in [1.165, 1.54) is 0 Å². The van der Waals surface area contributed by atoms with Gasteiger partial charge in [-0.3, -0.25) is 4.79 Å². The first-order valence-electron chi connectivity index (χ1n) is 8.91. The molecule has 1 aromatic heterocycles. The molecule has 3 rings (SSSR count). The Bertz CT molecular complexity index is 718. The summed E-state index contributed by atoms with van der Waals surface area (Å²) in [6, 6.07) is 7.96. The molecular weight excluding hydrogens is 300 g/mol. The predicted octanol–water partition coefficient (Wildman–Crippen LogP) is 3.02. The standard InChI is InChI=1S/C19H26N4O/c1-4-15(5-2)19(24)23-12-10-22(11-13-23)18-14(3)20-16-8-6-7-9-17(16)21-18/h6-9,15H,4-5,10-13H2,1-3H3. The smallest absolute Gasteiger partial charge is 0.225 e. The van der Waals surface area contributed by atoms with Crippen molar-refractivity contribution in [3.63, 3.8) is 0 Å². The summed E-state index contributed by atoms with van der Waals surface area (Å²) in [5.74, 6) is 1.42. The molecule has 0 spiro atoms. The number of carbonyl (C=O) groups is 1. The Balaban J connectivity index is 1.73. The molecule has 1 fully saturated rings. The number of carbonyl (C=O) groups excluding carboxylic acids is 1. The fraction of sp³-hybridized carbons (Fsp3) is 0.526. The van der Waals surface area contributed by atoms with Crippen molar-refractivity contribution < 1.29 is 4.79 Å². The molecule has 1 saturated heterocycles. The van der Waals surface area contributed by atoms with Crippen LogP contribution in [0.1, 0.15) is 32.4 Å². The van der Waals surface area contributed by atoms with Gasteiger partial charge in [-0.1, -0.05) is 26.0 Å². The third-order valence-corrected chi connectivity index (χ3v) is 4.95. The summed E-state index contributed by atoms with van der Waals surface area (Å²) < 4.78 is 0. The predicted molar refractivity (Wildman–Crippen MR) is 97.1 cm³/mol. The molecule has 0 unspecified atom stereocenters. The molecule has 2 aromatic rings. The second-order valence-corrected chi connectivity index (χ2v) is 6.45. The normalized spacial score (nSPS) is 15.3. The highest BCUT2D eigenvalue weighted by molar-refractivity contribution is 5.79. The number of benzene rings is 1. The van der Waals surface area contributed by atoms with Crippen LogP contribution in [0.2, 0.25) is 0 Å².